The number of amides is 1. The van der Waals surface area contributed by atoms with Gasteiger partial charge in [0.15, 0.2) is 5.82 Å². The normalized spacial score (nSPS) is 11.0. The standard InChI is InChI=1S/C25H20Cl2N4O2/c1-17-13-23(31(30-17)25-22(27)14-20(26)15-28-25)29-24(32)12-9-18-7-10-21(11-8-18)33-16-19-5-3-2-4-6-19/h2-15H,16H2,1H3,(H,29,32)/b12-9+. The highest BCUT2D eigenvalue weighted by atomic mass is 35.5. The lowest BCUT2D eigenvalue weighted by Gasteiger charge is -2.08. The first kappa shape index (κ1) is 22.6. The first-order valence-electron chi connectivity index (χ1n) is 10.1. The monoisotopic (exact) mass is 478 g/mol. The van der Waals surface area contributed by atoms with E-state index in [9.17, 15) is 4.79 Å². The van der Waals surface area contributed by atoms with Crippen molar-refractivity contribution >= 4 is 41.0 Å². The van der Waals surface area contributed by atoms with Crippen LogP contribution in [0.15, 0.2) is 79.0 Å². The van der Waals surface area contributed by atoms with Crippen molar-refractivity contribution in [3.8, 4) is 11.6 Å². The molecule has 0 aliphatic carbocycles. The molecule has 0 saturated heterocycles. The molecule has 4 aromatic rings. The van der Waals surface area contributed by atoms with E-state index in [2.05, 4.69) is 15.4 Å². The van der Waals surface area contributed by atoms with Gasteiger partial charge in [-0.3, -0.25) is 4.79 Å². The Kier molecular flexibility index (Phi) is 7.07. The Morgan fingerprint density at radius 3 is 2.58 bits per heavy atom. The Balaban J connectivity index is 1.39. The van der Waals surface area contributed by atoms with Crippen molar-refractivity contribution in [2.24, 2.45) is 0 Å². The van der Waals surface area contributed by atoms with Crippen LogP contribution in [0.25, 0.3) is 11.9 Å². The van der Waals surface area contributed by atoms with Gasteiger partial charge < -0.3 is 10.1 Å². The van der Waals surface area contributed by atoms with Gasteiger partial charge in [0.2, 0.25) is 5.91 Å². The fraction of sp³-hybridized carbons (Fsp3) is 0.0800. The highest BCUT2D eigenvalue weighted by molar-refractivity contribution is 6.35. The maximum Gasteiger partial charge on any atom is 0.249 e. The largest absolute Gasteiger partial charge is 0.489 e. The number of aromatic nitrogens is 3. The Morgan fingerprint density at radius 2 is 1.85 bits per heavy atom. The molecule has 166 valence electrons. The first-order chi connectivity index (χ1) is 16.0. The number of aryl methyl sites for hydroxylation is 1. The van der Waals surface area contributed by atoms with Crippen molar-refractivity contribution in [1.82, 2.24) is 14.8 Å². The minimum absolute atomic E-state index is 0.314. The van der Waals surface area contributed by atoms with Crippen LogP contribution in [0, 0.1) is 6.92 Å². The third kappa shape index (κ3) is 6.00. The van der Waals surface area contributed by atoms with Crippen LogP contribution >= 0.6 is 23.2 Å². The topological polar surface area (TPSA) is 69.0 Å². The van der Waals surface area contributed by atoms with Crippen molar-refractivity contribution < 1.29 is 9.53 Å². The van der Waals surface area contributed by atoms with Gasteiger partial charge in [-0.2, -0.15) is 9.78 Å². The summed E-state index contributed by atoms with van der Waals surface area (Å²) in [5, 5.41) is 7.92. The number of pyridine rings is 1. The van der Waals surface area contributed by atoms with E-state index in [0.29, 0.717) is 34.0 Å². The predicted octanol–water partition coefficient (Wildman–Crippen LogP) is 6.11. The molecule has 0 saturated carbocycles. The van der Waals surface area contributed by atoms with Crippen LogP contribution in [0.4, 0.5) is 5.82 Å². The molecular formula is C25H20Cl2N4O2. The van der Waals surface area contributed by atoms with E-state index in [4.69, 9.17) is 27.9 Å². The van der Waals surface area contributed by atoms with Crippen LogP contribution in [-0.2, 0) is 11.4 Å². The molecule has 1 N–H and O–H groups in total. The predicted molar refractivity (Wildman–Crippen MR) is 131 cm³/mol. The lowest BCUT2D eigenvalue weighted by molar-refractivity contribution is -0.111. The second-order valence-corrected chi connectivity index (χ2v) is 8.05. The van der Waals surface area contributed by atoms with Crippen LogP contribution in [-0.4, -0.2) is 20.7 Å². The fourth-order valence-electron chi connectivity index (χ4n) is 3.07. The average molecular weight is 479 g/mol. The van der Waals surface area contributed by atoms with Crippen LogP contribution in [0.3, 0.4) is 0 Å². The van der Waals surface area contributed by atoms with Gasteiger partial charge in [-0.25, -0.2) is 4.98 Å². The Hall–Kier alpha value is -3.61. The second kappa shape index (κ2) is 10.3. The van der Waals surface area contributed by atoms with Crippen molar-refractivity contribution in [2.75, 3.05) is 5.32 Å². The van der Waals surface area contributed by atoms with Gasteiger partial charge in [0.05, 0.1) is 15.7 Å². The Morgan fingerprint density at radius 1 is 1.09 bits per heavy atom. The molecule has 0 atom stereocenters. The third-order valence-electron chi connectivity index (χ3n) is 4.63. The number of benzene rings is 2. The zero-order chi connectivity index (χ0) is 23.2. The summed E-state index contributed by atoms with van der Waals surface area (Å²) in [7, 11) is 0. The van der Waals surface area contributed by atoms with Gasteiger partial charge in [0.25, 0.3) is 0 Å². The first-order valence-corrected chi connectivity index (χ1v) is 10.9. The Bertz CT molecular complexity index is 1290. The molecule has 2 aromatic heterocycles. The number of rotatable bonds is 7. The molecule has 0 unspecified atom stereocenters. The third-order valence-corrected chi connectivity index (χ3v) is 5.11. The van der Waals surface area contributed by atoms with Crippen LogP contribution < -0.4 is 10.1 Å². The molecule has 2 aromatic carbocycles. The number of nitrogens with zero attached hydrogens (tertiary/aromatic N) is 3. The van der Waals surface area contributed by atoms with E-state index in [1.807, 2.05) is 61.5 Å². The number of hydrogen-bond donors (Lipinski definition) is 1. The van der Waals surface area contributed by atoms with E-state index in [-0.39, 0.29) is 5.91 Å². The number of ether oxygens (including phenoxy) is 1. The van der Waals surface area contributed by atoms with Gasteiger partial charge in [0.1, 0.15) is 18.2 Å². The molecular weight excluding hydrogens is 459 g/mol. The molecule has 2 heterocycles. The lowest BCUT2D eigenvalue weighted by atomic mass is 10.2. The van der Waals surface area contributed by atoms with Crippen molar-refractivity contribution in [2.45, 2.75) is 13.5 Å². The summed E-state index contributed by atoms with van der Waals surface area (Å²) in [5.41, 5.74) is 2.67. The van der Waals surface area contributed by atoms with E-state index >= 15 is 0 Å². The fourth-order valence-corrected chi connectivity index (χ4v) is 3.53. The minimum Gasteiger partial charge on any atom is -0.489 e. The average Bonchev–Trinajstić information content (AvgIpc) is 3.17. The molecule has 0 aliphatic heterocycles. The highest BCUT2D eigenvalue weighted by Gasteiger charge is 2.14. The molecule has 0 spiro atoms. The molecule has 0 bridgehead atoms. The van der Waals surface area contributed by atoms with Gasteiger partial charge in [-0.15, -0.1) is 0 Å². The number of carbonyl (C=O) groups is 1. The molecule has 0 aliphatic rings. The number of halogens is 2. The Labute approximate surface area is 201 Å². The van der Waals surface area contributed by atoms with E-state index in [1.54, 1.807) is 18.2 Å². The zero-order valence-electron chi connectivity index (χ0n) is 17.7. The number of hydrogen-bond acceptors (Lipinski definition) is 4. The summed E-state index contributed by atoms with van der Waals surface area (Å²) in [6.45, 7) is 2.31. The maximum absolute atomic E-state index is 12.5. The second-order valence-electron chi connectivity index (χ2n) is 7.21. The SMILES string of the molecule is Cc1cc(NC(=O)/C=C/c2ccc(OCc3ccccc3)cc2)n(-c2ncc(Cl)cc2Cl)n1. The summed E-state index contributed by atoms with van der Waals surface area (Å²) in [5.74, 6) is 1.26. The summed E-state index contributed by atoms with van der Waals surface area (Å²) in [4.78, 5) is 16.7. The van der Waals surface area contributed by atoms with Crippen molar-refractivity contribution in [1.29, 1.82) is 0 Å². The quantitative estimate of drug-likeness (QED) is 0.325. The van der Waals surface area contributed by atoms with Crippen molar-refractivity contribution in [3.63, 3.8) is 0 Å². The summed E-state index contributed by atoms with van der Waals surface area (Å²) < 4.78 is 7.26. The van der Waals surface area contributed by atoms with Crippen LogP contribution in [0.2, 0.25) is 10.0 Å². The number of anilines is 1. The smallest absolute Gasteiger partial charge is 0.249 e. The van der Waals surface area contributed by atoms with E-state index in [1.165, 1.54) is 17.0 Å². The van der Waals surface area contributed by atoms with Crippen LogP contribution in [0.5, 0.6) is 5.75 Å². The molecule has 33 heavy (non-hydrogen) atoms. The summed E-state index contributed by atoms with van der Waals surface area (Å²) in [6.07, 6.45) is 4.64. The molecule has 0 radical (unpaired) electrons. The lowest BCUT2D eigenvalue weighted by Crippen LogP contribution is -2.13. The molecule has 6 nitrogen and oxygen atoms in total. The number of carbonyl (C=O) groups excluding carboxylic acids is 1. The zero-order valence-corrected chi connectivity index (χ0v) is 19.2. The molecule has 1 amide bonds. The summed E-state index contributed by atoms with van der Waals surface area (Å²) >= 11 is 12.2. The number of nitrogens with one attached hydrogen (secondary N) is 1. The van der Waals surface area contributed by atoms with Crippen molar-refractivity contribution in [3.05, 3.63) is 106 Å². The van der Waals surface area contributed by atoms with Gasteiger partial charge in [-0.1, -0.05) is 65.7 Å². The maximum atomic E-state index is 12.5. The molecule has 8 heteroatoms. The minimum atomic E-state index is -0.314. The highest BCUT2D eigenvalue weighted by Crippen LogP contribution is 2.25. The summed E-state index contributed by atoms with van der Waals surface area (Å²) in [6, 6.07) is 20.8. The van der Waals surface area contributed by atoms with E-state index in [0.717, 1.165) is 16.9 Å². The van der Waals surface area contributed by atoms with Gasteiger partial charge >= 0.3 is 0 Å². The molecule has 0 fully saturated rings. The van der Waals surface area contributed by atoms with Gasteiger partial charge in [-0.05, 0) is 42.3 Å². The van der Waals surface area contributed by atoms with Crippen LogP contribution in [0.1, 0.15) is 16.8 Å². The molecule has 4 rings (SSSR count). The van der Waals surface area contributed by atoms with Gasteiger partial charge in [0, 0.05) is 18.3 Å². The van der Waals surface area contributed by atoms with E-state index < -0.39 is 0 Å².